The van der Waals surface area contributed by atoms with Crippen molar-refractivity contribution in [2.45, 2.75) is 6.92 Å². The fourth-order valence-electron chi connectivity index (χ4n) is 0.240. The minimum absolute atomic E-state index is 0.134. The van der Waals surface area contributed by atoms with Gasteiger partial charge < -0.3 is 5.32 Å². The first kappa shape index (κ1) is 8.67. The Kier molecular flexibility index (Phi) is 3.52. The molecule has 0 aliphatic rings. The molecule has 0 aliphatic heterocycles. The Balaban J connectivity index is 4.28. The zero-order chi connectivity index (χ0) is 7.44. The van der Waals surface area contributed by atoms with Gasteiger partial charge in [-0.1, -0.05) is 0 Å². The molecular weight excluding hydrogens is 235 g/mol. The van der Waals surface area contributed by atoms with Gasteiger partial charge in [-0.05, 0) is 6.92 Å². The molecule has 1 N–H and O–H groups in total. The van der Waals surface area contributed by atoms with Crippen molar-refractivity contribution < 1.29 is 4.92 Å². The van der Waals surface area contributed by atoms with Crippen LogP contribution in [0.5, 0.6) is 0 Å². The van der Waals surface area contributed by atoms with Crippen LogP contribution in [0.3, 0.4) is 0 Å². The molecule has 0 unspecified atom stereocenters. The minimum atomic E-state index is -0.424. The first-order valence-corrected chi connectivity index (χ1v) is 3.36. The molecule has 4 nitrogen and oxygen atoms in total. The van der Waals surface area contributed by atoms with Crippen molar-refractivity contribution in [1.82, 2.24) is 5.32 Å². The third kappa shape index (κ3) is 2.64. The summed E-state index contributed by atoms with van der Waals surface area (Å²) in [5, 5.41) is 12.7. The van der Waals surface area contributed by atoms with Gasteiger partial charge >= 0.3 is 3.70 Å². The zero-order valence-electron chi connectivity index (χ0n) is 5.14. The van der Waals surface area contributed by atoms with Crippen molar-refractivity contribution in [3.05, 3.63) is 19.5 Å². The molecule has 0 saturated heterocycles. The Morgan fingerprint density at radius 3 is 2.33 bits per heavy atom. The molecule has 0 saturated carbocycles. The van der Waals surface area contributed by atoms with E-state index in [9.17, 15) is 10.1 Å². The van der Waals surface area contributed by atoms with Crippen LogP contribution in [0.15, 0.2) is 9.40 Å². The molecule has 0 aliphatic carbocycles. The van der Waals surface area contributed by atoms with E-state index in [1.54, 1.807) is 36.6 Å². The van der Waals surface area contributed by atoms with E-state index in [2.05, 4.69) is 5.32 Å². The largest absolute Gasteiger partial charge is 0.386 e. The van der Waals surface area contributed by atoms with Gasteiger partial charge in [0.1, 0.15) is 0 Å². The molecule has 52 valence electrons. The molecule has 0 amide bonds. The molecule has 0 rings (SSSR count). The number of nitrogens with one attached hydrogen (secondary N) is 1. The average Bonchev–Trinajstić information content (AvgIpc) is 1.84. The maximum absolute atomic E-state index is 10.00. The number of nitro groups is 1. The predicted octanol–water partition coefficient (Wildman–Crippen LogP) is 1.11. The SMILES string of the molecule is CN/C(C)=C(/I)[N+](=O)[O-]. The van der Waals surface area contributed by atoms with E-state index in [4.69, 9.17) is 0 Å². The maximum atomic E-state index is 10.00. The van der Waals surface area contributed by atoms with Crippen LogP contribution in [0.4, 0.5) is 0 Å². The normalized spacial score (nSPS) is 12.3. The number of hydrogen-bond acceptors (Lipinski definition) is 3. The molecular formula is C4H7IN2O2. The summed E-state index contributed by atoms with van der Waals surface area (Å²) in [6, 6.07) is 0. The van der Waals surface area contributed by atoms with Gasteiger partial charge in [-0.3, -0.25) is 10.1 Å². The smallest absolute Gasteiger partial charge is 0.322 e. The van der Waals surface area contributed by atoms with Crippen molar-refractivity contribution in [3.63, 3.8) is 0 Å². The van der Waals surface area contributed by atoms with E-state index in [-0.39, 0.29) is 3.70 Å². The first-order valence-electron chi connectivity index (χ1n) is 2.28. The molecule has 5 heteroatoms. The Bertz CT molecular complexity index is 155. The molecule has 0 heterocycles. The highest BCUT2D eigenvalue weighted by atomic mass is 127. The summed E-state index contributed by atoms with van der Waals surface area (Å²) < 4.78 is 0.134. The third-order valence-electron chi connectivity index (χ3n) is 0.845. The Labute approximate surface area is 66.6 Å². The van der Waals surface area contributed by atoms with Crippen LogP contribution in [0.1, 0.15) is 6.92 Å². The van der Waals surface area contributed by atoms with Crippen molar-refractivity contribution in [2.75, 3.05) is 7.05 Å². The molecule has 0 bridgehead atoms. The lowest BCUT2D eigenvalue weighted by Gasteiger charge is -1.95. The fraction of sp³-hybridized carbons (Fsp3) is 0.500. The van der Waals surface area contributed by atoms with Gasteiger partial charge in [0.2, 0.25) is 0 Å². The Morgan fingerprint density at radius 2 is 2.22 bits per heavy atom. The molecule has 0 spiro atoms. The van der Waals surface area contributed by atoms with Gasteiger partial charge in [-0.15, -0.1) is 0 Å². The summed E-state index contributed by atoms with van der Waals surface area (Å²) in [6.07, 6.45) is 0. The summed E-state index contributed by atoms with van der Waals surface area (Å²) in [4.78, 5) is 9.58. The summed E-state index contributed by atoms with van der Waals surface area (Å²) in [5.74, 6) is 0. The zero-order valence-corrected chi connectivity index (χ0v) is 7.30. The maximum Gasteiger partial charge on any atom is 0.322 e. The van der Waals surface area contributed by atoms with Crippen molar-refractivity contribution in [2.24, 2.45) is 0 Å². The summed E-state index contributed by atoms with van der Waals surface area (Å²) >= 11 is 1.68. The lowest BCUT2D eigenvalue weighted by molar-refractivity contribution is -0.407. The third-order valence-corrected chi connectivity index (χ3v) is 2.05. The second-order valence-corrected chi connectivity index (χ2v) is 2.44. The lowest BCUT2D eigenvalue weighted by atomic mass is 10.5. The molecule has 0 aromatic rings. The minimum Gasteiger partial charge on any atom is -0.386 e. The molecule has 0 atom stereocenters. The van der Waals surface area contributed by atoms with Crippen LogP contribution in [-0.2, 0) is 0 Å². The summed E-state index contributed by atoms with van der Waals surface area (Å²) in [6.45, 7) is 1.66. The lowest BCUT2D eigenvalue weighted by Crippen LogP contribution is -2.07. The summed E-state index contributed by atoms with van der Waals surface area (Å²) in [7, 11) is 1.65. The molecule has 9 heavy (non-hydrogen) atoms. The van der Waals surface area contributed by atoms with Gasteiger partial charge in [-0.2, -0.15) is 0 Å². The second-order valence-electron chi connectivity index (χ2n) is 1.42. The number of rotatable bonds is 2. The number of allylic oxidation sites excluding steroid dienone is 1. The highest BCUT2D eigenvalue weighted by Gasteiger charge is 2.07. The molecule has 0 fully saturated rings. The van der Waals surface area contributed by atoms with E-state index in [0.717, 1.165) is 0 Å². The van der Waals surface area contributed by atoms with Gasteiger partial charge in [-0.25, -0.2) is 0 Å². The van der Waals surface area contributed by atoms with Crippen molar-refractivity contribution in [3.8, 4) is 0 Å². The Hall–Kier alpha value is -0.330. The molecule has 0 aromatic carbocycles. The van der Waals surface area contributed by atoms with Crippen LogP contribution in [0, 0.1) is 10.1 Å². The number of nitrogens with zero attached hydrogens (tertiary/aromatic N) is 1. The fourth-order valence-corrected chi connectivity index (χ4v) is 0.510. The molecule has 0 aromatic heterocycles. The van der Waals surface area contributed by atoms with Crippen LogP contribution < -0.4 is 5.32 Å². The Morgan fingerprint density at radius 1 is 1.78 bits per heavy atom. The first-order chi connectivity index (χ1) is 4.09. The van der Waals surface area contributed by atoms with E-state index in [0.29, 0.717) is 5.70 Å². The highest BCUT2D eigenvalue weighted by Crippen LogP contribution is 2.09. The quantitative estimate of drug-likeness (QED) is 0.341. The topological polar surface area (TPSA) is 55.2 Å². The monoisotopic (exact) mass is 242 g/mol. The van der Waals surface area contributed by atoms with Gasteiger partial charge in [0.25, 0.3) is 0 Å². The van der Waals surface area contributed by atoms with Crippen LogP contribution >= 0.6 is 22.6 Å². The van der Waals surface area contributed by atoms with Crippen LogP contribution in [-0.4, -0.2) is 12.0 Å². The number of halogens is 1. The van der Waals surface area contributed by atoms with Gasteiger partial charge in [0, 0.05) is 29.6 Å². The van der Waals surface area contributed by atoms with Crippen molar-refractivity contribution >= 4 is 22.6 Å². The second kappa shape index (κ2) is 3.65. The van der Waals surface area contributed by atoms with E-state index in [1.807, 2.05) is 0 Å². The van der Waals surface area contributed by atoms with E-state index in [1.165, 1.54) is 0 Å². The standard InChI is InChI=1S/C4H7IN2O2/c1-3(6-2)4(5)7(8)9/h6H,1-2H3/b4-3-. The van der Waals surface area contributed by atoms with Gasteiger partial charge in [0.05, 0.1) is 10.6 Å². The van der Waals surface area contributed by atoms with Crippen molar-refractivity contribution in [1.29, 1.82) is 0 Å². The highest BCUT2D eigenvalue weighted by molar-refractivity contribution is 14.1. The van der Waals surface area contributed by atoms with Crippen LogP contribution in [0.25, 0.3) is 0 Å². The van der Waals surface area contributed by atoms with Gasteiger partial charge in [0.15, 0.2) is 0 Å². The summed E-state index contributed by atoms with van der Waals surface area (Å²) in [5.41, 5.74) is 0.584. The van der Waals surface area contributed by atoms with E-state index >= 15 is 0 Å². The number of hydrogen-bond donors (Lipinski definition) is 1. The average molecular weight is 242 g/mol. The molecule has 0 radical (unpaired) electrons. The van der Waals surface area contributed by atoms with Crippen LogP contribution in [0.2, 0.25) is 0 Å². The van der Waals surface area contributed by atoms with E-state index < -0.39 is 4.92 Å². The predicted molar refractivity (Wildman–Crippen MR) is 42.8 cm³/mol.